The molecule has 2 aromatic rings. The van der Waals surface area contributed by atoms with Crippen molar-refractivity contribution in [2.75, 3.05) is 0 Å². The van der Waals surface area contributed by atoms with Crippen LogP contribution in [0.4, 0.5) is 0 Å². The highest BCUT2D eigenvalue weighted by atomic mass is 35.5. The quantitative estimate of drug-likeness (QED) is 0.804. The van der Waals surface area contributed by atoms with Crippen molar-refractivity contribution < 1.29 is 14.7 Å². The minimum absolute atomic E-state index is 0.193. The van der Waals surface area contributed by atoms with Gasteiger partial charge in [-0.15, -0.1) is 0 Å². The Kier molecular flexibility index (Phi) is 5.62. The number of amides is 1. The van der Waals surface area contributed by atoms with Gasteiger partial charge in [0.05, 0.1) is 11.8 Å². The van der Waals surface area contributed by atoms with Crippen molar-refractivity contribution >= 4 is 23.5 Å². The molecule has 24 heavy (non-hydrogen) atoms. The van der Waals surface area contributed by atoms with Gasteiger partial charge in [0.2, 0.25) is 0 Å². The fourth-order valence-electron chi connectivity index (χ4n) is 2.53. The van der Waals surface area contributed by atoms with Crippen LogP contribution in [0.15, 0.2) is 36.7 Å². The molecule has 1 heterocycles. The Morgan fingerprint density at radius 3 is 2.50 bits per heavy atom. The lowest BCUT2D eigenvalue weighted by Crippen LogP contribution is -2.51. The smallest absolute Gasteiger partial charge is 0.334 e. The number of carboxylic acids is 1. The van der Waals surface area contributed by atoms with E-state index in [4.69, 9.17) is 11.6 Å². The average Bonchev–Trinajstić information content (AvgIpc) is 3.02. The fraction of sp³-hybridized carbons (Fsp3) is 0.353. The minimum Gasteiger partial charge on any atom is -0.479 e. The number of carbonyl (C=O) groups is 2. The van der Waals surface area contributed by atoms with E-state index in [2.05, 4.69) is 10.4 Å². The van der Waals surface area contributed by atoms with E-state index in [0.717, 1.165) is 6.42 Å². The molecule has 0 aliphatic carbocycles. The standard InChI is InChI=1S/C17H20ClN3O3/c1-3-9-21-11-12(10-19-21)15(22)20-17(4-2,16(23)24)13-5-7-14(18)8-6-13/h5-8,10-11H,3-4,9H2,1-2H3,(H,20,22)(H,23,24). The maximum Gasteiger partial charge on any atom is 0.334 e. The number of rotatable bonds is 7. The van der Waals surface area contributed by atoms with E-state index in [1.165, 1.54) is 6.20 Å². The highest BCUT2D eigenvalue weighted by molar-refractivity contribution is 6.30. The van der Waals surface area contributed by atoms with E-state index in [0.29, 0.717) is 22.7 Å². The predicted molar refractivity (Wildman–Crippen MR) is 91.0 cm³/mol. The summed E-state index contributed by atoms with van der Waals surface area (Å²) in [6.45, 7) is 4.42. The summed E-state index contributed by atoms with van der Waals surface area (Å²) in [5.41, 5.74) is -0.721. The summed E-state index contributed by atoms with van der Waals surface area (Å²) in [4.78, 5) is 24.5. The largest absolute Gasteiger partial charge is 0.479 e. The number of nitrogens with zero attached hydrogens (tertiary/aromatic N) is 2. The van der Waals surface area contributed by atoms with Crippen LogP contribution in [0.25, 0.3) is 0 Å². The van der Waals surface area contributed by atoms with Crippen molar-refractivity contribution in [3.05, 3.63) is 52.8 Å². The van der Waals surface area contributed by atoms with Gasteiger partial charge in [-0.1, -0.05) is 37.6 Å². The molecule has 2 rings (SSSR count). The molecule has 0 radical (unpaired) electrons. The zero-order chi connectivity index (χ0) is 17.7. The molecule has 0 saturated carbocycles. The molecule has 2 N–H and O–H groups in total. The number of nitrogens with one attached hydrogen (secondary N) is 1. The molecule has 7 heteroatoms. The Hall–Kier alpha value is -2.34. The van der Waals surface area contributed by atoms with E-state index in [1.807, 2.05) is 6.92 Å². The van der Waals surface area contributed by atoms with Crippen molar-refractivity contribution in [1.29, 1.82) is 0 Å². The molecule has 0 aliphatic heterocycles. The second-order valence-corrected chi connectivity index (χ2v) is 5.95. The maximum absolute atomic E-state index is 12.5. The van der Waals surface area contributed by atoms with Gasteiger partial charge in [-0.05, 0) is 30.5 Å². The van der Waals surface area contributed by atoms with Crippen LogP contribution in [0.2, 0.25) is 5.02 Å². The van der Waals surface area contributed by atoms with Crippen LogP contribution in [0, 0.1) is 0 Å². The second-order valence-electron chi connectivity index (χ2n) is 5.52. The first-order valence-electron chi connectivity index (χ1n) is 7.77. The molecule has 1 aromatic heterocycles. The maximum atomic E-state index is 12.5. The Morgan fingerprint density at radius 2 is 1.96 bits per heavy atom. The molecule has 0 fully saturated rings. The summed E-state index contributed by atoms with van der Waals surface area (Å²) in [6.07, 6.45) is 4.14. The number of hydrogen-bond donors (Lipinski definition) is 2. The molecule has 1 unspecified atom stereocenters. The van der Waals surface area contributed by atoms with Crippen molar-refractivity contribution in [3.63, 3.8) is 0 Å². The monoisotopic (exact) mass is 349 g/mol. The molecule has 0 spiro atoms. The number of carbonyl (C=O) groups excluding carboxylic acids is 1. The van der Waals surface area contributed by atoms with E-state index in [9.17, 15) is 14.7 Å². The Morgan fingerprint density at radius 1 is 1.29 bits per heavy atom. The van der Waals surface area contributed by atoms with E-state index in [1.54, 1.807) is 42.1 Å². The zero-order valence-electron chi connectivity index (χ0n) is 13.6. The van der Waals surface area contributed by atoms with Crippen LogP contribution in [-0.2, 0) is 16.9 Å². The van der Waals surface area contributed by atoms with Gasteiger partial charge < -0.3 is 10.4 Å². The van der Waals surface area contributed by atoms with E-state index < -0.39 is 17.4 Å². The SMILES string of the molecule is CCCn1cc(C(=O)NC(CC)(C(=O)O)c2ccc(Cl)cc2)cn1. The van der Waals surface area contributed by atoms with E-state index >= 15 is 0 Å². The summed E-state index contributed by atoms with van der Waals surface area (Å²) >= 11 is 5.87. The predicted octanol–water partition coefficient (Wildman–Crippen LogP) is 3.07. The molecule has 6 nitrogen and oxygen atoms in total. The molecule has 128 valence electrons. The molecule has 1 aromatic carbocycles. The van der Waals surface area contributed by atoms with Crippen molar-refractivity contribution in [1.82, 2.24) is 15.1 Å². The lowest BCUT2D eigenvalue weighted by atomic mass is 9.87. The highest BCUT2D eigenvalue weighted by Crippen LogP contribution is 2.27. The van der Waals surface area contributed by atoms with Gasteiger partial charge >= 0.3 is 5.97 Å². The third-order valence-corrected chi connectivity index (χ3v) is 4.16. The summed E-state index contributed by atoms with van der Waals surface area (Å²) in [5, 5.41) is 17.0. The number of aliphatic carboxylic acids is 1. The van der Waals surface area contributed by atoms with Crippen molar-refractivity contribution in [2.45, 2.75) is 38.8 Å². The molecule has 1 atom stereocenters. The summed E-state index contributed by atoms with van der Waals surface area (Å²) in [7, 11) is 0. The Labute approximate surface area is 145 Å². The third-order valence-electron chi connectivity index (χ3n) is 3.91. The van der Waals surface area contributed by atoms with Crippen molar-refractivity contribution in [2.24, 2.45) is 0 Å². The number of aryl methyl sites for hydroxylation is 1. The number of benzene rings is 1. The first-order chi connectivity index (χ1) is 11.4. The summed E-state index contributed by atoms with van der Waals surface area (Å²) < 4.78 is 1.66. The summed E-state index contributed by atoms with van der Waals surface area (Å²) in [5.74, 6) is -1.60. The van der Waals surface area contributed by atoms with Crippen LogP contribution in [0.1, 0.15) is 42.6 Å². The highest BCUT2D eigenvalue weighted by Gasteiger charge is 2.40. The van der Waals surface area contributed by atoms with Crippen LogP contribution in [0.5, 0.6) is 0 Å². The summed E-state index contributed by atoms with van der Waals surface area (Å²) in [6, 6.07) is 6.44. The number of carboxylic acid groups (broad SMARTS) is 1. The molecule has 0 aliphatic rings. The fourth-order valence-corrected chi connectivity index (χ4v) is 2.65. The second kappa shape index (κ2) is 7.49. The lowest BCUT2D eigenvalue weighted by Gasteiger charge is -2.29. The van der Waals surface area contributed by atoms with Crippen molar-refractivity contribution in [3.8, 4) is 0 Å². The number of hydrogen-bond acceptors (Lipinski definition) is 3. The topological polar surface area (TPSA) is 84.2 Å². The number of aromatic nitrogens is 2. The lowest BCUT2D eigenvalue weighted by molar-refractivity contribution is -0.145. The third kappa shape index (κ3) is 3.59. The van der Waals surface area contributed by atoms with Gasteiger partial charge in [0.25, 0.3) is 5.91 Å². The Bertz CT molecular complexity index is 727. The minimum atomic E-state index is -1.52. The zero-order valence-corrected chi connectivity index (χ0v) is 14.4. The average molecular weight is 350 g/mol. The van der Waals surface area contributed by atoms with Crippen LogP contribution >= 0.6 is 11.6 Å². The molecule has 1 amide bonds. The van der Waals surface area contributed by atoms with Gasteiger partial charge in [-0.25, -0.2) is 4.79 Å². The first kappa shape index (κ1) is 18.0. The van der Waals surface area contributed by atoms with Gasteiger partial charge in [0.1, 0.15) is 0 Å². The normalized spacial score (nSPS) is 13.3. The van der Waals surface area contributed by atoms with Crippen LogP contribution in [0.3, 0.4) is 0 Å². The van der Waals surface area contributed by atoms with Crippen LogP contribution < -0.4 is 5.32 Å². The number of halogens is 1. The van der Waals surface area contributed by atoms with Gasteiger partial charge in [0, 0.05) is 17.8 Å². The van der Waals surface area contributed by atoms with Gasteiger partial charge in [-0.3, -0.25) is 9.48 Å². The molecule has 0 saturated heterocycles. The van der Waals surface area contributed by atoms with Crippen LogP contribution in [-0.4, -0.2) is 26.8 Å². The van der Waals surface area contributed by atoms with E-state index in [-0.39, 0.29) is 6.42 Å². The Balaban J connectivity index is 2.32. The molecule has 0 bridgehead atoms. The molecular formula is C17H20ClN3O3. The van der Waals surface area contributed by atoms with Gasteiger partial charge in [-0.2, -0.15) is 5.10 Å². The van der Waals surface area contributed by atoms with Gasteiger partial charge in [0.15, 0.2) is 5.54 Å². The first-order valence-corrected chi connectivity index (χ1v) is 8.15. The molecular weight excluding hydrogens is 330 g/mol.